The van der Waals surface area contributed by atoms with Gasteiger partial charge >= 0.3 is 12.1 Å². The molecule has 0 saturated heterocycles. The summed E-state index contributed by atoms with van der Waals surface area (Å²) in [4.78, 5) is 19.7. The molecule has 0 atom stereocenters. The van der Waals surface area contributed by atoms with Gasteiger partial charge < -0.3 is 10.1 Å². The Balaban J connectivity index is 1.97. The van der Waals surface area contributed by atoms with E-state index in [1.54, 1.807) is 6.07 Å². The first-order valence-electron chi connectivity index (χ1n) is 8.43. The minimum absolute atomic E-state index is 0.0262. The van der Waals surface area contributed by atoms with Gasteiger partial charge in [-0.1, -0.05) is 18.2 Å². The molecule has 30 heavy (non-hydrogen) atoms. The lowest BCUT2D eigenvalue weighted by atomic mass is 10.0. The highest BCUT2D eigenvalue weighted by atomic mass is 19.4. The van der Waals surface area contributed by atoms with Crippen LogP contribution in [0.5, 0.6) is 0 Å². The van der Waals surface area contributed by atoms with Gasteiger partial charge in [-0.05, 0) is 24.3 Å². The monoisotopic (exact) mass is 418 g/mol. The molecule has 10 heteroatoms. The number of hydrogen-bond acceptors (Lipinski definition) is 6. The van der Waals surface area contributed by atoms with Gasteiger partial charge in [0.2, 0.25) is 5.95 Å². The largest absolute Gasteiger partial charge is 0.465 e. The number of halogens is 4. The molecular formula is C20H14F4N4O2. The summed E-state index contributed by atoms with van der Waals surface area (Å²) in [5, 5.41) is 9.99. The van der Waals surface area contributed by atoms with E-state index in [1.807, 2.05) is 0 Å². The molecule has 0 aliphatic heterocycles. The van der Waals surface area contributed by atoms with Crippen molar-refractivity contribution in [2.75, 3.05) is 12.4 Å². The Bertz CT molecular complexity index is 1100. The Morgan fingerprint density at radius 2 is 1.77 bits per heavy atom. The molecule has 0 fully saturated rings. The molecule has 2 N–H and O–H groups in total. The van der Waals surface area contributed by atoms with E-state index in [1.165, 1.54) is 30.6 Å². The van der Waals surface area contributed by atoms with Crippen LogP contribution < -0.4 is 5.32 Å². The van der Waals surface area contributed by atoms with Crippen molar-refractivity contribution in [3.8, 4) is 11.1 Å². The number of nitrogens with one attached hydrogen (secondary N) is 2. The number of methoxy groups -OCH3 is 1. The van der Waals surface area contributed by atoms with Gasteiger partial charge in [0.05, 0.1) is 18.4 Å². The highest BCUT2D eigenvalue weighted by molar-refractivity contribution is 6.08. The summed E-state index contributed by atoms with van der Waals surface area (Å²) in [6.07, 6.45) is -2.31. The molecule has 0 radical (unpaired) electrons. The Morgan fingerprint density at radius 1 is 1.10 bits per heavy atom. The lowest BCUT2D eigenvalue weighted by Gasteiger charge is -2.15. The number of hydrogen-bond donors (Lipinski definition) is 2. The molecule has 2 aromatic carbocycles. The first-order valence-corrected chi connectivity index (χ1v) is 8.43. The highest BCUT2D eigenvalue weighted by Gasteiger charge is 2.36. The summed E-state index contributed by atoms with van der Waals surface area (Å²) in [6, 6.07) is 9.18. The van der Waals surface area contributed by atoms with Crippen molar-refractivity contribution < 1.29 is 27.1 Å². The summed E-state index contributed by atoms with van der Waals surface area (Å²) in [5.74, 6) is -1.35. The maximum absolute atomic E-state index is 13.9. The van der Waals surface area contributed by atoms with E-state index in [0.717, 1.165) is 25.3 Å². The zero-order valence-electron chi connectivity index (χ0n) is 15.4. The topological polar surface area (TPSA) is 88.0 Å². The van der Waals surface area contributed by atoms with Gasteiger partial charge in [0.1, 0.15) is 11.5 Å². The fourth-order valence-electron chi connectivity index (χ4n) is 2.61. The molecule has 3 rings (SSSR count). The molecule has 0 bridgehead atoms. The summed E-state index contributed by atoms with van der Waals surface area (Å²) in [7, 11) is 1.13. The van der Waals surface area contributed by atoms with Crippen molar-refractivity contribution in [2.45, 2.75) is 6.18 Å². The number of nitrogens with zero attached hydrogens (tertiary/aromatic N) is 2. The molecule has 0 saturated carbocycles. The first-order chi connectivity index (χ1) is 14.2. The molecule has 6 nitrogen and oxygen atoms in total. The van der Waals surface area contributed by atoms with E-state index in [0.29, 0.717) is 5.56 Å². The number of esters is 1. The average molecular weight is 418 g/mol. The molecule has 3 aromatic rings. The molecular weight excluding hydrogens is 404 g/mol. The molecule has 0 spiro atoms. The van der Waals surface area contributed by atoms with Gasteiger partial charge in [-0.2, -0.15) is 13.2 Å². The summed E-state index contributed by atoms with van der Waals surface area (Å²) in [5.41, 5.74) is -1.72. The zero-order valence-corrected chi connectivity index (χ0v) is 15.4. The van der Waals surface area contributed by atoms with Crippen molar-refractivity contribution in [3.05, 3.63) is 71.8 Å². The second kappa shape index (κ2) is 8.27. The molecule has 0 aliphatic carbocycles. The van der Waals surface area contributed by atoms with Gasteiger partial charge in [0, 0.05) is 29.1 Å². The fraction of sp³-hybridized carbons (Fsp3) is 0.100. The molecule has 1 heterocycles. The summed E-state index contributed by atoms with van der Waals surface area (Å²) in [6.45, 7) is 0. The van der Waals surface area contributed by atoms with Crippen LogP contribution in [0.4, 0.5) is 29.2 Å². The van der Waals surface area contributed by atoms with Gasteiger partial charge in [-0.15, -0.1) is 0 Å². The van der Waals surface area contributed by atoms with Crippen LogP contribution in [0.2, 0.25) is 0 Å². The van der Waals surface area contributed by atoms with E-state index in [2.05, 4.69) is 20.0 Å². The predicted octanol–water partition coefficient (Wildman–Crippen LogP) is 4.74. The number of rotatable bonds is 5. The van der Waals surface area contributed by atoms with Gasteiger partial charge in [-0.3, -0.25) is 5.41 Å². The Kier molecular flexibility index (Phi) is 5.77. The van der Waals surface area contributed by atoms with Crippen molar-refractivity contribution in [2.24, 2.45) is 0 Å². The van der Waals surface area contributed by atoms with Gasteiger partial charge in [0.25, 0.3) is 0 Å². The lowest BCUT2D eigenvalue weighted by Crippen LogP contribution is -2.24. The standard InChI is InChI=1S/C20H14F4N4O2/c1-30-18(29)11-6-7-14(17(25)20(22,23)24)16(8-11)28-19-26-9-12(10-27-19)13-4-2-3-5-15(13)21/h2-10,25H,1H3,(H,26,27,28). The molecule has 1 aromatic heterocycles. The van der Waals surface area contributed by atoms with Crippen LogP contribution in [0.25, 0.3) is 11.1 Å². The number of aromatic nitrogens is 2. The van der Waals surface area contributed by atoms with E-state index >= 15 is 0 Å². The van der Waals surface area contributed by atoms with Crippen LogP contribution >= 0.6 is 0 Å². The molecule has 0 amide bonds. The quantitative estimate of drug-likeness (QED) is 0.355. The fourth-order valence-corrected chi connectivity index (χ4v) is 2.61. The van der Waals surface area contributed by atoms with Crippen molar-refractivity contribution in [1.82, 2.24) is 9.97 Å². The number of carbonyl (C=O) groups is 1. The van der Waals surface area contributed by atoms with Gasteiger partial charge in [0.15, 0.2) is 0 Å². The van der Waals surface area contributed by atoms with Crippen molar-refractivity contribution in [1.29, 1.82) is 5.41 Å². The number of anilines is 2. The maximum atomic E-state index is 13.9. The summed E-state index contributed by atoms with van der Waals surface area (Å²) >= 11 is 0. The van der Waals surface area contributed by atoms with E-state index in [-0.39, 0.29) is 22.8 Å². The van der Waals surface area contributed by atoms with Crippen LogP contribution in [0.3, 0.4) is 0 Å². The molecule has 0 unspecified atom stereocenters. The average Bonchev–Trinajstić information content (AvgIpc) is 2.73. The SMILES string of the molecule is COC(=O)c1ccc(C(=N)C(F)(F)F)c(Nc2ncc(-c3ccccc3F)cn2)c1. The third kappa shape index (κ3) is 4.43. The van der Waals surface area contributed by atoms with Crippen LogP contribution in [-0.2, 0) is 4.74 Å². The smallest absolute Gasteiger partial charge is 0.433 e. The van der Waals surface area contributed by atoms with E-state index in [4.69, 9.17) is 5.41 Å². The van der Waals surface area contributed by atoms with Crippen LogP contribution in [0.15, 0.2) is 54.9 Å². The summed E-state index contributed by atoms with van der Waals surface area (Å²) < 4.78 is 57.6. The van der Waals surface area contributed by atoms with Crippen LogP contribution in [0.1, 0.15) is 15.9 Å². The minimum Gasteiger partial charge on any atom is -0.465 e. The second-order valence-electron chi connectivity index (χ2n) is 6.02. The van der Waals surface area contributed by atoms with Crippen molar-refractivity contribution in [3.63, 3.8) is 0 Å². The number of carbonyl (C=O) groups excluding carboxylic acids is 1. The second-order valence-corrected chi connectivity index (χ2v) is 6.02. The maximum Gasteiger partial charge on any atom is 0.433 e. The zero-order chi connectivity index (χ0) is 21.9. The third-order valence-electron chi connectivity index (χ3n) is 4.08. The molecule has 0 aliphatic rings. The predicted molar refractivity (Wildman–Crippen MR) is 101 cm³/mol. The van der Waals surface area contributed by atoms with Gasteiger partial charge in [-0.25, -0.2) is 19.2 Å². The van der Waals surface area contributed by atoms with Crippen LogP contribution in [0, 0.1) is 11.2 Å². The molecule has 154 valence electrons. The Morgan fingerprint density at radius 3 is 2.37 bits per heavy atom. The number of benzene rings is 2. The van der Waals surface area contributed by atoms with Crippen LogP contribution in [-0.4, -0.2) is 34.9 Å². The Labute approximate surface area is 168 Å². The Hall–Kier alpha value is -3.82. The first kappa shape index (κ1) is 20.9. The minimum atomic E-state index is -4.90. The normalized spacial score (nSPS) is 11.1. The number of ether oxygens (including phenoxy) is 1. The van der Waals surface area contributed by atoms with Crippen molar-refractivity contribution >= 4 is 23.3 Å². The third-order valence-corrected chi connectivity index (χ3v) is 4.08. The van der Waals surface area contributed by atoms with E-state index < -0.39 is 29.2 Å². The van der Waals surface area contributed by atoms with E-state index in [9.17, 15) is 22.4 Å². The highest BCUT2D eigenvalue weighted by Crippen LogP contribution is 2.29. The lowest BCUT2D eigenvalue weighted by molar-refractivity contribution is -0.0587. The number of alkyl halides is 3.